The molecule has 3 aromatic rings. The standard InChI is InChI=1S/C26H25N3O4/c30-23(27-16-17-33-22-14-8-3-9-15-22)19-29-25(31)24(21-12-6-2-7-13-21)28(26(29)32)18-20-10-4-1-5-11-20/h1-15,24H,16-19H2,(H,27,30). The van der Waals surface area contributed by atoms with E-state index in [0.29, 0.717) is 11.3 Å². The number of ether oxygens (including phenoxy) is 1. The van der Waals surface area contributed by atoms with E-state index in [4.69, 9.17) is 4.74 Å². The molecule has 1 atom stereocenters. The molecule has 0 spiro atoms. The molecule has 168 valence electrons. The minimum atomic E-state index is -0.770. The van der Waals surface area contributed by atoms with Gasteiger partial charge in [-0.2, -0.15) is 0 Å². The van der Waals surface area contributed by atoms with Crippen LogP contribution in [-0.2, 0) is 16.1 Å². The Labute approximate surface area is 192 Å². The Hall–Kier alpha value is -4.13. The number of para-hydroxylation sites is 1. The Balaban J connectivity index is 1.41. The van der Waals surface area contributed by atoms with Crippen LogP contribution in [0.5, 0.6) is 5.75 Å². The summed E-state index contributed by atoms with van der Waals surface area (Å²) < 4.78 is 5.56. The van der Waals surface area contributed by atoms with Crippen LogP contribution in [0.3, 0.4) is 0 Å². The molecule has 4 amide bonds. The van der Waals surface area contributed by atoms with E-state index in [9.17, 15) is 14.4 Å². The first-order valence-corrected chi connectivity index (χ1v) is 10.8. The van der Waals surface area contributed by atoms with Gasteiger partial charge in [0.25, 0.3) is 5.91 Å². The van der Waals surface area contributed by atoms with E-state index in [-0.39, 0.29) is 26.2 Å². The molecule has 3 aromatic carbocycles. The number of carbonyl (C=O) groups excluding carboxylic acids is 3. The van der Waals surface area contributed by atoms with Gasteiger partial charge in [-0.15, -0.1) is 0 Å². The van der Waals surface area contributed by atoms with Crippen molar-refractivity contribution in [1.82, 2.24) is 15.1 Å². The van der Waals surface area contributed by atoms with E-state index in [2.05, 4.69) is 5.32 Å². The van der Waals surface area contributed by atoms with Crippen LogP contribution in [0.2, 0.25) is 0 Å². The smallest absolute Gasteiger partial charge is 0.328 e. The third-order valence-corrected chi connectivity index (χ3v) is 5.34. The summed E-state index contributed by atoms with van der Waals surface area (Å²) in [5.74, 6) is -0.113. The zero-order valence-corrected chi connectivity index (χ0v) is 18.1. The summed E-state index contributed by atoms with van der Waals surface area (Å²) in [5.41, 5.74) is 1.62. The number of urea groups is 1. The van der Waals surface area contributed by atoms with E-state index in [1.165, 1.54) is 4.90 Å². The van der Waals surface area contributed by atoms with Gasteiger partial charge in [-0.1, -0.05) is 78.9 Å². The van der Waals surface area contributed by atoms with Gasteiger partial charge >= 0.3 is 6.03 Å². The first-order chi connectivity index (χ1) is 16.1. The average molecular weight is 444 g/mol. The van der Waals surface area contributed by atoms with Gasteiger partial charge in [-0.05, 0) is 23.3 Å². The number of hydrogen-bond acceptors (Lipinski definition) is 4. The molecular formula is C26H25N3O4. The third kappa shape index (κ3) is 5.38. The van der Waals surface area contributed by atoms with Crippen molar-refractivity contribution in [2.45, 2.75) is 12.6 Å². The highest BCUT2D eigenvalue weighted by atomic mass is 16.5. The Morgan fingerprint density at radius 3 is 2.12 bits per heavy atom. The van der Waals surface area contributed by atoms with Gasteiger partial charge in [0.1, 0.15) is 24.9 Å². The van der Waals surface area contributed by atoms with E-state index in [0.717, 1.165) is 10.5 Å². The van der Waals surface area contributed by atoms with Crippen molar-refractivity contribution in [1.29, 1.82) is 0 Å². The van der Waals surface area contributed by atoms with E-state index in [1.807, 2.05) is 91.0 Å². The molecule has 7 heteroatoms. The van der Waals surface area contributed by atoms with Gasteiger partial charge in [0.05, 0.1) is 6.54 Å². The monoisotopic (exact) mass is 443 g/mol. The van der Waals surface area contributed by atoms with Crippen LogP contribution in [0.15, 0.2) is 91.0 Å². The highest BCUT2D eigenvalue weighted by molar-refractivity contribution is 6.06. The summed E-state index contributed by atoms with van der Waals surface area (Å²) in [6.45, 7) is 0.482. The fraction of sp³-hybridized carbons (Fsp3) is 0.192. The number of hydrogen-bond donors (Lipinski definition) is 1. The maximum Gasteiger partial charge on any atom is 0.328 e. The second kappa shape index (κ2) is 10.5. The van der Waals surface area contributed by atoms with E-state index in [1.54, 1.807) is 0 Å². The molecule has 33 heavy (non-hydrogen) atoms. The van der Waals surface area contributed by atoms with Crippen LogP contribution < -0.4 is 10.1 Å². The fourth-order valence-corrected chi connectivity index (χ4v) is 3.76. The molecule has 4 rings (SSSR count). The highest BCUT2D eigenvalue weighted by Crippen LogP contribution is 2.32. The van der Waals surface area contributed by atoms with Gasteiger partial charge < -0.3 is 15.0 Å². The summed E-state index contributed by atoms with van der Waals surface area (Å²) in [6.07, 6.45) is 0. The normalized spacial score (nSPS) is 15.6. The van der Waals surface area contributed by atoms with Gasteiger partial charge in [0, 0.05) is 6.54 Å². The predicted molar refractivity (Wildman–Crippen MR) is 123 cm³/mol. The maximum atomic E-state index is 13.2. The Kier molecular flexibility index (Phi) is 6.99. The average Bonchev–Trinajstić information content (AvgIpc) is 3.08. The number of nitrogens with one attached hydrogen (secondary N) is 1. The van der Waals surface area contributed by atoms with Crippen LogP contribution in [0.4, 0.5) is 4.79 Å². The van der Waals surface area contributed by atoms with E-state index >= 15 is 0 Å². The molecule has 1 N–H and O–H groups in total. The highest BCUT2D eigenvalue weighted by Gasteiger charge is 2.46. The zero-order chi connectivity index (χ0) is 23.0. The molecule has 7 nitrogen and oxygen atoms in total. The first kappa shape index (κ1) is 22.1. The van der Waals surface area contributed by atoms with Gasteiger partial charge in [-0.3, -0.25) is 14.5 Å². The lowest BCUT2D eigenvalue weighted by atomic mass is 10.1. The Bertz CT molecular complexity index is 1090. The Morgan fingerprint density at radius 1 is 0.848 bits per heavy atom. The molecule has 1 aliphatic heterocycles. The number of rotatable bonds is 9. The second-order valence-electron chi connectivity index (χ2n) is 7.65. The molecule has 1 saturated heterocycles. The number of carbonyl (C=O) groups is 3. The molecular weight excluding hydrogens is 418 g/mol. The summed E-state index contributed by atoms with van der Waals surface area (Å²) >= 11 is 0. The maximum absolute atomic E-state index is 13.2. The Morgan fingerprint density at radius 2 is 1.45 bits per heavy atom. The van der Waals surface area contributed by atoms with Gasteiger partial charge in [-0.25, -0.2) is 4.79 Å². The molecule has 0 aromatic heterocycles. The number of amides is 4. The zero-order valence-electron chi connectivity index (χ0n) is 18.1. The number of imide groups is 1. The van der Waals surface area contributed by atoms with Crippen LogP contribution in [0, 0.1) is 0 Å². The number of benzene rings is 3. The summed E-state index contributed by atoms with van der Waals surface area (Å²) in [7, 11) is 0. The lowest BCUT2D eigenvalue weighted by Gasteiger charge is -2.22. The lowest BCUT2D eigenvalue weighted by Crippen LogP contribution is -2.42. The predicted octanol–water partition coefficient (Wildman–Crippen LogP) is 3.39. The molecule has 1 heterocycles. The van der Waals surface area contributed by atoms with Crippen molar-refractivity contribution in [3.8, 4) is 5.75 Å². The molecule has 1 unspecified atom stereocenters. The van der Waals surface area contributed by atoms with Crippen LogP contribution in [0.25, 0.3) is 0 Å². The first-order valence-electron chi connectivity index (χ1n) is 10.8. The van der Waals surface area contributed by atoms with Crippen molar-refractivity contribution in [2.24, 2.45) is 0 Å². The largest absolute Gasteiger partial charge is 0.492 e. The van der Waals surface area contributed by atoms with Crippen molar-refractivity contribution in [2.75, 3.05) is 19.7 Å². The summed E-state index contributed by atoms with van der Waals surface area (Å²) in [5, 5.41) is 2.71. The van der Waals surface area contributed by atoms with Crippen LogP contribution in [-0.4, -0.2) is 47.3 Å². The molecule has 0 radical (unpaired) electrons. The van der Waals surface area contributed by atoms with Crippen molar-refractivity contribution >= 4 is 17.8 Å². The SMILES string of the molecule is O=C(CN1C(=O)C(c2ccccc2)N(Cc2ccccc2)C1=O)NCCOc1ccccc1. The lowest BCUT2D eigenvalue weighted by molar-refractivity contribution is -0.132. The van der Waals surface area contributed by atoms with Gasteiger partial charge in [0.2, 0.25) is 5.91 Å². The minimum Gasteiger partial charge on any atom is -0.492 e. The summed E-state index contributed by atoms with van der Waals surface area (Å²) in [4.78, 5) is 41.4. The van der Waals surface area contributed by atoms with Gasteiger partial charge in [0.15, 0.2) is 0 Å². The fourth-order valence-electron chi connectivity index (χ4n) is 3.76. The topological polar surface area (TPSA) is 79.0 Å². The molecule has 0 saturated carbocycles. The molecule has 1 fully saturated rings. The van der Waals surface area contributed by atoms with E-state index < -0.39 is 23.9 Å². The van der Waals surface area contributed by atoms with Crippen molar-refractivity contribution < 1.29 is 19.1 Å². The van der Waals surface area contributed by atoms with Crippen molar-refractivity contribution in [3.63, 3.8) is 0 Å². The molecule has 0 aliphatic carbocycles. The van der Waals surface area contributed by atoms with Crippen LogP contribution in [0.1, 0.15) is 17.2 Å². The quantitative estimate of drug-likeness (QED) is 0.406. The third-order valence-electron chi connectivity index (χ3n) is 5.34. The van der Waals surface area contributed by atoms with Crippen LogP contribution >= 0.6 is 0 Å². The molecule has 1 aliphatic rings. The summed E-state index contributed by atoms with van der Waals surface area (Å²) in [6, 6.07) is 26.7. The second-order valence-corrected chi connectivity index (χ2v) is 7.65. The number of nitrogens with zero attached hydrogens (tertiary/aromatic N) is 2. The molecule has 0 bridgehead atoms. The minimum absolute atomic E-state index is 0.264. The van der Waals surface area contributed by atoms with Crippen molar-refractivity contribution in [3.05, 3.63) is 102 Å².